The lowest BCUT2D eigenvalue weighted by atomic mass is 9.83. The minimum atomic E-state index is -2.71. The molecular formula is C32H30F2NO+. The number of nitrogens with zero attached hydrogens (tertiary/aromatic N) is 1. The van der Waals surface area contributed by atoms with Crippen LogP contribution in [0.5, 0.6) is 0 Å². The number of pyridine rings is 1. The summed E-state index contributed by atoms with van der Waals surface area (Å²) in [7, 11) is 1.57. The number of hydrogen-bond donors (Lipinski definition) is 0. The average molecular weight is 491 g/mol. The Bertz CT molecular complexity index is 1960. The zero-order chi connectivity index (χ0) is 31.9. The third kappa shape index (κ3) is 3.71. The maximum Gasteiger partial charge on any atom is 0.216 e. The summed E-state index contributed by atoms with van der Waals surface area (Å²) in [5.74, 6) is -2.95. The van der Waals surface area contributed by atoms with Crippen molar-refractivity contribution in [2.24, 2.45) is 7.05 Å². The highest BCUT2D eigenvalue weighted by molar-refractivity contribution is 6.13. The molecule has 0 saturated heterocycles. The topological polar surface area (TPSA) is 17.0 Å². The van der Waals surface area contributed by atoms with Crippen LogP contribution < -0.4 is 4.57 Å². The number of furan rings is 1. The summed E-state index contributed by atoms with van der Waals surface area (Å²) < 4.78 is 106. The molecule has 0 bridgehead atoms. The van der Waals surface area contributed by atoms with Crippen LogP contribution in [0.25, 0.3) is 44.3 Å². The second-order valence-corrected chi connectivity index (χ2v) is 9.48. The highest BCUT2D eigenvalue weighted by Gasteiger charge is 2.24. The van der Waals surface area contributed by atoms with Crippen LogP contribution in [0.2, 0.25) is 0 Å². The van der Waals surface area contributed by atoms with Gasteiger partial charge in [-0.3, -0.25) is 0 Å². The van der Waals surface area contributed by atoms with Crippen molar-refractivity contribution < 1.29 is 28.7 Å². The Morgan fingerprint density at radius 2 is 1.61 bits per heavy atom. The van der Waals surface area contributed by atoms with E-state index in [1.165, 1.54) is 22.8 Å². The van der Waals surface area contributed by atoms with Crippen LogP contribution in [-0.2, 0) is 7.05 Å². The van der Waals surface area contributed by atoms with E-state index in [9.17, 15) is 4.39 Å². The fourth-order valence-electron chi connectivity index (χ4n) is 5.24. The molecule has 1 saturated carbocycles. The fourth-order valence-corrected chi connectivity index (χ4v) is 5.24. The standard InChI is InChI=1S/C32H30F2NO/c1-19-9-14-24-25-15-16-26(33)30(23-12-10-22(11-13-23)21-7-5-4-6-8-21)32(25)36-31(24)29(19)28-17-20(2)27(34)18-35(28)3/h9-18,21H,4-8H2,1-3H3/q+1/i2D3,10D,11D,12D,13D,21D. The molecule has 2 nitrogen and oxygen atoms in total. The molecule has 1 aliphatic carbocycles. The maximum absolute atomic E-state index is 15.8. The van der Waals surface area contributed by atoms with Crippen molar-refractivity contribution in [2.45, 2.75) is 51.8 Å². The SMILES string of the molecule is [2H]c1c([2H])c(C2([2H])CCCCC2)c([2H])c([2H])c1-c1c(F)ccc2c1oc1c(-c3cc(C([2H])([2H])[2H])c(F)c[n+]3C)c(C)ccc12. The van der Waals surface area contributed by atoms with E-state index in [0.29, 0.717) is 40.4 Å². The summed E-state index contributed by atoms with van der Waals surface area (Å²) in [6.45, 7) is -0.928. The molecule has 0 unspecified atom stereocenters. The molecule has 3 aromatic carbocycles. The molecule has 182 valence electrons. The molecule has 2 aromatic heterocycles. The van der Waals surface area contributed by atoms with Crippen molar-refractivity contribution in [1.29, 1.82) is 0 Å². The van der Waals surface area contributed by atoms with Crippen LogP contribution in [0.4, 0.5) is 8.78 Å². The van der Waals surface area contributed by atoms with E-state index in [2.05, 4.69) is 0 Å². The average Bonchev–Trinajstić information content (AvgIpc) is 3.32. The number of benzene rings is 3. The van der Waals surface area contributed by atoms with Crippen molar-refractivity contribution in [3.05, 3.63) is 89.0 Å². The minimum Gasteiger partial charge on any atom is -0.454 e. The van der Waals surface area contributed by atoms with Gasteiger partial charge in [-0.25, -0.2) is 8.78 Å². The Kier molecular flexibility index (Phi) is 3.82. The van der Waals surface area contributed by atoms with E-state index in [-0.39, 0.29) is 39.9 Å². The number of hydrogen-bond acceptors (Lipinski definition) is 1. The van der Waals surface area contributed by atoms with Gasteiger partial charge in [-0.2, -0.15) is 4.57 Å². The summed E-state index contributed by atoms with van der Waals surface area (Å²) in [6, 6.07) is 5.87. The van der Waals surface area contributed by atoms with Crippen LogP contribution in [0.15, 0.2) is 65.1 Å². The Balaban J connectivity index is 1.66. The molecule has 5 aromatic rings. The summed E-state index contributed by atoms with van der Waals surface area (Å²) in [5, 5.41) is 0.990. The first-order valence-electron chi connectivity index (χ1n) is 16.1. The van der Waals surface area contributed by atoms with E-state index >= 15 is 4.39 Å². The van der Waals surface area contributed by atoms with Crippen LogP contribution in [-0.4, -0.2) is 0 Å². The lowest BCUT2D eigenvalue weighted by molar-refractivity contribution is -0.662. The maximum atomic E-state index is 15.8. The molecule has 0 atom stereocenters. The quantitative estimate of drug-likeness (QED) is 0.231. The van der Waals surface area contributed by atoms with E-state index in [4.69, 9.17) is 15.4 Å². The number of rotatable bonds is 3. The Morgan fingerprint density at radius 3 is 2.33 bits per heavy atom. The van der Waals surface area contributed by atoms with Gasteiger partial charge >= 0.3 is 0 Å². The van der Waals surface area contributed by atoms with Gasteiger partial charge in [0.25, 0.3) is 0 Å². The lowest BCUT2D eigenvalue weighted by Gasteiger charge is -2.22. The first-order chi connectivity index (χ1) is 20.7. The van der Waals surface area contributed by atoms with Gasteiger partial charge in [-0.05, 0) is 66.9 Å². The molecule has 0 spiro atoms. The zero-order valence-corrected chi connectivity index (χ0v) is 20.1. The number of aryl methyl sites for hydroxylation is 3. The van der Waals surface area contributed by atoms with Crippen molar-refractivity contribution in [1.82, 2.24) is 0 Å². The highest BCUT2D eigenvalue weighted by Crippen LogP contribution is 2.42. The molecule has 0 radical (unpaired) electrons. The molecule has 0 N–H and O–H groups in total. The molecular weight excluding hydrogens is 452 g/mol. The summed E-state index contributed by atoms with van der Waals surface area (Å²) >= 11 is 0. The fraction of sp³-hybridized carbons (Fsp3) is 0.281. The molecule has 0 amide bonds. The van der Waals surface area contributed by atoms with Gasteiger partial charge in [0.1, 0.15) is 24.0 Å². The van der Waals surface area contributed by atoms with E-state index in [1.54, 1.807) is 26.1 Å². The summed E-state index contributed by atoms with van der Waals surface area (Å²) in [6.07, 6.45) is 4.36. The predicted octanol–water partition coefficient (Wildman–Crippen LogP) is 8.69. The third-order valence-corrected chi connectivity index (χ3v) is 7.13. The highest BCUT2D eigenvalue weighted by atomic mass is 19.1. The van der Waals surface area contributed by atoms with E-state index < -0.39 is 42.0 Å². The van der Waals surface area contributed by atoms with Crippen LogP contribution >= 0.6 is 0 Å². The summed E-state index contributed by atoms with van der Waals surface area (Å²) in [4.78, 5) is 0. The molecule has 1 aliphatic rings. The van der Waals surface area contributed by atoms with Gasteiger partial charge in [0.15, 0.2) is 5.82 Å². The molecule has 1 fully saturated rings. The van der Waals surface area contributed by atoms with Gasteiger partial charge < -0.3 is 4.42 Å². The normalized spacial score (nSPS) is 19.1. The van der Waals surface area contributed by atoms with E-state index in [1.807, 2.05) is 0 Å². The minimum absolute atomic E-state index is 0.000497. The Hall–Kier alpha value is -3.53. The van der Waals surface area contributed by atoms with Gasteiger partial charge in [-0.15, -0.1) is 0 Å². The largest absolute Gasteiger partial charge is 0.454 e. The van der Waals surface area contributed by atoms with Gasteiger partial charge in [0.2, 0.25) is 11.9 Å². The van der Waals surface area contributed by atoms with Gasteiger partial charge in [-0.1, -0.05) is 55.6 Å². The number of aromatic nitrogens is 1. The first-order valence-corrected chi connectivity index (χ1v) is 12.1. The monoisotopic (exact) mass is 490 g/mol. The van der Waals surface area contributed by atoms with Crippen molar-refractivity contribution in [2.75, 3.05) is 0 Å². The van der Waals surface area contributed by atoms with Crippen LogP contribution in [0.3, 0.4) is 0 Å². The van der Waals surface area contributed by atoms with Gasteiger partial charge in [0, 0.05) is 22.3 Å². The molecule has 4 heteroatoms. The first kappa shape index (κ1) is 15.6. The second-order valence-electron chi connectivity index (χ2n) is 9.48. The smallest absolute Gasteiger partial charge is 0.216 e. The molecule has 2 heterocycles. The van der Waals surface area contributed by atoms with Crippen LogP contribution in [0.1, 0.15) is 65.7 Å². The lowest BCUT2D eigenvalue weighted by Crippen LogP contribution is -2.31. The number of halogens is 2. The van der Waals surface area contributed by atoms with Crippen molar-refractivity contribution in [3.63, 3.8) is 0 Å². The third-order valence-electron chi connectivity index (χ3n) is 7.13. The van der Waals surface area contributed by atoms with E-state index in [0.717, 1.165) is 25.5 Å². The Labute approximate surface area is 221 Å². The number of fused-ring (bicyclic) bond motifs is 3. The Morgan fingerprint density at radius 1 is 0.917 bits per heavy atom. The van der Waals surface area contributed by atoms with Crippen molar-refractivity contribution >= 4 is 21.9 Å². The second kappa shape index (κ2) is 8.85. The van der Waals surface area contributed by atoms with Gasteiger partial charge in [0.05, 0.1) is 16.6 Å². The molecule has 0 aliphatic heterocycles. The molecule has 36 heavy (non-hydrogen) atoms. The van der Waals surface area contributed by atoms with Crippen molar-refractivity contribution in [3.8, 4) is 22.4 Å². The molecule has 6 rings (SSSR count). The summed E-state index contributed by atoms with van der Waals surface area (Å²) in [5.41, 5.74) is 0.827. The predicted molar refractivity (Wildman–Crippen MR) is 141 cm³/mol. The zero-order valence-electron chi connectivity index (χ0n) is 28.1. The van der Waals surface area contributed by atoms with Crippen LogP contribution in [0, 0.1) is 25.4 Å².